The zero-order valence-corrected chi connectivity index (χ0v) is 11.0. The van der Waals surface area contributed by atoms with Gasteiger partial charge in [-0.05, 0) is 0 Å². The van der Waals surface area contributed by atoms with Gasteiger partial charge >= 0.3 is 0 Å². The molecule has 0 saturated heterocycles. The summed E-state index contributed by atoms with van der Waals surface area (Å²) >= 11 is 0. The average Bonchev–Trinajstić information content (AvgIpc) is 2.84. The number of nitrogens with two attached hydrogens (primary N) is 1. The van der Waals surface area contributed by atoms with Crippen LogP contribution in [0.2, 0.25) is 0 Å². The fraction of sp³-hybridized carbons (Fsp3) is 0.222. The zero-order valence-electron chi connectivity index (χ0n) is 10.2. The summed E-state index contributed by atoms with van der Waals surface area (Å²) in [5.41, 5.74) is 0.269. The molecule has 0 fully saturated rings. The van der Waals surface area contributed by atoms with Gasteiger partial charge in [0.05, 0.1) is 12.5 Å². The van der Waals surface area contributed by atoms with E-state index in [2.05, 4.69) is 15.4 Å². The van der Waals surface area contributed by atoms with Crippen LogP contribution in [0.15, 0.2) is 23.6 Å². The predicted molar refractivity (Wildman–Crippen MR) is 65.7 cm³/mol. The number of rotatable bonds is 3. The third-order valence-electron chi connectivity index (χ3n) is 2.38. The van der Waals surface area contributed by atoms with E-state index in [4.69, 9.17) is 5.14 Å². The predicted octanol–water partition coefficient (Wildman–Crippen LogP) is -0.947. The van der Waals surface area contributed by atoms with Crippen LogP contribution in [-0.4, -0.2) is 33.7 Å². The quantitative estimate of drug-likeness (QED) is 0.752. The highest BCUT2D eigenvalue weighted by Gasteiger charge is 2.21. The summed E-state index contributed by atoms with van der Waals surface area (Å²) in [6.45, 7) is 0. The molecule has 2 aromatic heterocycles. The Labute approximate surface area is 109 Å². The van der Waals surface area contributed by atoms with Crippen LogP contribution >= 0.6 is 0 Å². The van der Waals surface area contributed by atoms with Crippen LogP contribution in [-0.2, 0) is 24.1 Å². The molecule has 2 heterocycles. The van der Waals surface area contributed by atoms with Crippen molar-refractivity contribution in [3.8, 4) is 0 Å². The van der Waals surface area contributed by atoms with E-state index >= 15 is 0 Å². The molecule has 0 aliphatic heterocycles. The molecule has 2 aromatic rings. The number of aromatic nitrogens is 4. The molecule has 0 aromatic carbocycles. The molecular weight excluding hydrogens is 272 g/mol. The van der Waals surface area contributed by atoms with Gasteiger partial charge in [-0.25, -0.2) is 18.5 Å². The molecular formula is C9H12N6O3S. The summed E-state index contributed by atoms with van der Waals surface area (Å²) in [6, 6.07) is 0. The van der Waals surface area contributed by atoms with E-state index in [1.807, 2.05) is 0 Å². The maximum absolute atomic E-state index is 11.9. The molecule has 10 heteroatoms. The van der Waals surface area contributed by atoms with Crippen molar-refractivity contribution < 1.29 is 13.2 Å². The Morgan fingerprint density at radius 2 is 2.11 bits per heavy atom. The number of anilines is 1. The first-order chi connectivity index (χ1) is 8.79. The molecule has 102 valence electrons. The lowest BCUT2D eigenvalue weighted by molar-refractivity contribution is 0.101. The Morgan fingerprint density at radius 3 is 2.63 bits per heavy atom. The average molecular weight is 284 g/mol. The molecule has 0 radical (unpaired) electrons. The van der Waals surface area contributed by atoms with E-state index in [1.165, 1.54) is 35.0 Å². The molecule has 1 amide bonds. The number of sulfonamides is 1. The first kappa shape index (κ1) is 13.2. The highest BCUT2D eigenvalue weighted by atomic mass is 32.2. The minimum Gasteiger partial charge on any atom is -0.330 e. The topological polar surface area (TPSA) is 125 Å². The second-order valence-electron chi connectivity index (χ2n) is 3.90. The van der Waals surface area contributed by atoms with Crippen molar-refractivity contribution in [3.63, 3.8) is 0 Å². The summed E-state index contributed by atoms with van der Waals surface area (Å²) in [4.78, 5) is 15.5. The fourth-order valence-electron chi connectivity index (χ4n) is 1.51. The number of carbonyl (C=O) groups excluding carboxylic acids is 1. The maximum Gasteiger partial charge on any atom is 0.275 e. The molecule has 2 rings (SSSR count). The molecule has 0 aliphatic rings. The van der Waals surface area contributed by atoms with Gasteiger partial charge in [0, 0.05) is 20.3 Å². The van der Waals surface area contributed by atoms with Crippen molar-refractivity contribution in [2.45, 2.75) is 4.90 Å². The normalized spacial score (nSPS) is 11.5. The summed E-state index contributed by atoms with van der Waals surface area (Å²) in [6.07, 6.45) is 4.02. The van der Waals surface area contributed by atoms with Crippen LogP contribution in [0.4, 0.5) is 5.82 Å². The largest absolute Gasteiger partial charge is 0.330 e. The van der Waals surface area contributed by atoms with Crippen LogP contribution in [0.25, 0.3) is 0 Å². The fourth-order valence-corrected chi connectivity index (χ4v) is 2.17. The summed E-state index contributed by atoms with van der Waals surface area (Å²) in [5.74, 6) is -0.639. The van der Waals surface area contributed by atoms with E-state index in [0.29, 0.717) is 0 Å². The number of amides is 1. The Kier molecular flexibility index (Phi) is 3.12. The third kappa shape index (κ3) is 2.63. The number of carbonyl (C=O) groups is 1. The second kappa shape index (κ2) is 4.48. The van der Waals surface area contributed by atoms with Crippen LogP contribution in [0.5, 0.6) is 0 Å². The Hall–Kier alpha value is -2.20. The molecule has 0 atom stereocenters. The van der Waals surface area contributed by atoms with Gasteiger partial charge in [-0.2, -0.15) is 5.10 Å². The molecule has 9 nitrogen and oxygen atoms in total. The lowest BCUT2D eigenvalue weighted by Gasteiger charge is -2.04. The zero-order chi connectivity index (χ0) is 14.2. The minimum absolute atomic E-state index is 0.115. The lowest BCUT2D eigenvalue weighted by atomic mass is 10.4. The lowest BCUT2D eigenvalue weighted by Crippen LogP contribution is -2.19. The smallest absolute Gasteiger partial charge is 0.275 e. The van der Waals surface area contributed by atoms with Crippen LogP contribution < -0.4 is 10.5 Å². The van der Waals surface area contributed by atoms with E-state index in [1.54, 1.807) is 7.05 Å². The molecule has 0 spiro atoms. The molecule has 0 aliphatic carbocycles. The summed E-state index contributed by atoms with van der Waals surface area (Å²) in [7, 11) is -0.796. The van der Waals surface area contributed by atoms with E-state index in [9.17, 15) is 13.2 Å². The first-order valence-corrected chi connectivity index (χ1v) is 6.68. The molecule has 0 saturated carbocycles. The third-order valence-corrected chi connectivity index (χ3v) is 3.29. The van der Waals surface area contributed by atoms with Crippen molar-refractivity contribution in [1.82, 2.24) is 19.3 Å². The van der Waals surface area contributed by atoms with Crippen LogP contribution in [0.3, 0.4) is 0 Å². The Morgan fingerprint density at radius 1 is 1.42 bits per heavy atom. The highest BCUT2D eigenvalue weighted by molar-refractivity contribution is 7.89. The minimum atomic E-state index is -3.96. The van der Waals surface area contributed by atoms with Gasteiger partial charge < -0.3 is 9.88 Å². The van der Waals surface area contributed by atoms with Crippen molar-refractivity contribution in [2.75, 3.05) is 5.32 Å². The van der Waals surface area contributed by atoms with Gasteiger partial charge in [-0.15, -0.1) is 0 Å². The Balaban J connectivity index is 2.35. The van der Waals surface area contributed by atoms with Crippen molar-refractivity contribution >= 4 is 21.7 Å². The second-order valence-corrected chi connectivity index (χ2v) is 5.43. The summed E-state index contributed by atoms with van der Waals surface area (Å²) in [5, 5.41) is 11.3. The van der Waals surface area contributed by atoms with E-state index in [0.717, 1.165) is 0 Å². The number of primary sulfonamides is 1. The van der Waals surface area contributed by atoms with Crippen molar-refractivity contribution in [2.24, 2.45) is 19.2 Å². The number of nitrogens with zero attached hydrogens (tertiary/aromatic N) is 4. The molecule has 3 N–H and O–H groups in total. The standard InChI is InChI=1S/C9H12N6O3S/c1-14-5-11-3-6(14)9(16)12-8-7(19(10,17)18)4-15(2)13-8/h3-5H,1-2H3,(H2,10,17,18)(H,12,13,16). The summed E-state index contributed by atoms with van der Waals surface area (Å²) < 4.78 is 25.5. The number of hydrogen-bond acceptors (Lipinski definition) is 5. The molecule has 0 bridgehead atoms. The van der Waals surface area contributed by atoms with Gasteiger partial charge in [0.1, 0.15) is 10.6 Å². The number of aryl methyl sites for hydroxylation is 2. The van der Waals surface area contributed by atoms with Gasteiger partial charge in [-0.1, -0.05) is 0 Å². The highest BCUT2D eigenvalue weighted by Crippen LogP contribution is 2.17. The monoisotopic (exact) mass is 284 g/mol. The first-order valence-electron chi connectivity index (χ1n) is 5.13. The van der Waals surface area contributed by atoms with Gasteiger partial charge in [0.25, 0.3) is 5.91 Å². The van der Waals surface area contributed by atoms with E-state index < -0.39 is 15.9 Å². The van der Waals surface area contributed by atoms with Crippen molar-refractivity contribution in [3.05, 3.63) is 24.4 Å². The van der Waals surface area contributed by atoms with Crippen LogP contribution in [0.1, 0.15) is 10.5 Å². The van der Waals surface area contributed by atoms with Gasteiger partial charge in [-0.3, -0.25) is 9.48 Å². The number of imidazole rings is 1. The van der Waals surface area contributed by atoms with Crippen LogP contribution in [0, 0.1) is 0 Å². The Bertz CT molecular complexity index is 729. The van der Waals surface area contributed by atoms with Crippen molar-refractivity contribution in [1.29, 1.82) is 0 Å². The number of hydrogen-bond donors (Lipinski definition) is 2. The molecule has 19 heavy (non-hydrogen) atoms. The van der Waals surface area contributed by atoms with E-state index in [-0.39, 0.29) is 16.4 Å². The van der Waals surface area contributed by atoms with Gasteiger partial charge in [0.15, 0.2) is 5.82 Å². The number of nitrogens with one attached hydrogen (secondary N) is 1. The molecule has 0 unspecified atom stereocenters. The maximum atomic E-state index is 11.9. The SMILES string of the molecule is Cn1cc(S(N)(=O)=O)c(NC(=O)c2cncn2C)n1. The van der Waals surface area contributed by atoms with Gasteiger partial charge in [0.2, 0.25) is 10.0 Å².